The highest BCUT2D eigenvalue weighted by molar-refractivity contribution is 5.89. The topological polar surface area (TPSA) is 61.4 Å². The van der Waals surface area contributed by atoms with Crippen molar-refractivity contribution in [2.45, 2.75) is 51.4 Å². The molecular weight excluding hydrogens is 345 g/mol. The molecule has 6 heteroatoms. The van der Waals surface area contributed by atoms with Crippen LogP contribution in [0.15, 0.2) is 24.3 Å². The van der Waals surface area contributed by atoms with E-state index in [1.165, 1.54) is 37.8 Å². The van der Waals surface area contributed by atoms with E-state index in [1.54, 1.807) is 17.0 Å². The lowest BCUT2D eigenvalue weighted by Crippen LogP contribution is -2.41. The summed E-state index contributed by atoms with van der Waals surface area (Å²) < 4.78 is 13.2. The van der Waals surface area contributed by atoms with Gasteiger partial charge in [0.2, 0.25) is 5.91 Å². The van der Waals surface area contributed by atoms with Gasteiger partial charge in [0.1, 0.15) is 5.82 Å². The molecule has 27 heavy (non-hydrogen) atoms. The smallest absolute Gasteiger partial charge is 0.321 e. The molecule has 5 nitrogen and oxygen atoms in total. The third-order valence-electron chi connectivity index (χ3n) is 5.80. The molecule has 0 bridgehead atoms. The first-order valence-electron chi connectivity index (χ1n) is 10.2. The fourth-order valence-corrected chi connectivity index (χ4v) is 4.16. The van der Waals surface area contributed by atoms with E-state index in [0.717, 1.165) is 25.8 Å². The first-order chi connectivity index (χ1) is 13.1. The average molecular weight is 375 g/mol. The predicted octanol–water partition coefficient (Wildman–Crippen LogP) is 4.16. The summed E-state index contributed by atoms with van der Waals surface area (Å²) in [5.41, 5.74) is 0.479. The Hall–Kier alpha value is -2.11. The highest BCUT2D eigenvalue weighted by atomic mass is 19.1. The lowest BCUT2D eigenvalue weighted by molar-refractivity contribution is -0.122. The minimum absolute atomic E-state index is 0.177. The van der Waals surface area contributed by atoms with Gasteiger partial charge < -0.3 is 15.5 Å². The van der Waals surface area contributed by atoms with E-state index < -0.39 is 0 Å². The van der Waals surface area contributed by atoms with Crippen molar-refractivity contribution in [2.24, 2.45) is 11.8 Å². The van der Waals surface area contributed by atoms with Gasteiger partial charge in [-0.2, -0.15) is 0 Å². The molecule has 1 saturated carbocycles. The second-order valence-electron chi connectivity index (χ2n) is 7.86. The number of carbonyl (C=O) groups excluding carboxylic acids is 2. The van der Waals surface area contributed by atoms with Gasteiger partial charge in [-0.15, -0.1) is 0 Å². The summed E-state index contributed by atoms with van der Waals surface area (Å²) in [6, 6.07) is 5.76. The molecule has 1 heterocycles. The number of hydrogen-bond acceptors (Lipinski definition) is 2. The predicted molar refractivity (Wildman–Crippen MR) is 104 cm³/mol. The maximum Gasteiger partial charge on any atom is 0.321 e. The maximum atomic E-state index is 13.2. The maximum absolute atomic E-state index is 13.2. The molecule has 1 saturated heterocycles. The van der Waals surface area contributed by atoms with Gasteiger partial charge in [-0.3, -0.25) is 4.79 Å². The molecule has 0 radical (unpaired) electrons. The number of urea groups is 1. The van der Waals surface area contributed by atoms with Crippen molar-refractivity contribution in [3.8, 4) is 0 Å². The Balaban J connectivity index is 1.31. The second-order valence-corrected chi connectivity index (χ2v) is 7.86. The third kappa shape index (κ3) is 6.22. The van der Waals surface area contributed by atoms with Crippen molar-refractivity contribution < 1.29 is 14.0 Å². The highest BCUT2D eigenvalue weighted by Gasteiger charge is 2.23. The van der Waals surface area contributed by atoms with Gasteiger partial charge in [0.05, 0.1) is 0 Å². The van der Waals surface area contributed by atoms with Gasteiger partial charge in [0.25, 0.3) is 0 Å². The Labute approximate surface area is 160 Å². The average Bonchev–Trinajstić information content (AvgIpc) is 3.15. The summed E-state index contributed by atoms with van der Waals surface area (Å²) in [7, 11) is 0. The Morgan fingerprint density at radius 2 is 1.81 bits per heavy atom. The van der Waals surface area contributed by atoms with Gasteiger partial charge in [0, 0.05) is 31.7 Å². The van der Waals surface area contributed by atoms with Crippen LogP contribution in [0, 0.1) is 17.7 Å². The molecule has 1 aliphatic carbocycles. The number of hydrogen-bond donors (Lipinski definition) is 2. The van der Waals surface area contributed by atoms with Crippen LogP contribution in [0.3, 0.4) is 0 Å². The summed E-state index contributed by atoms with van der Waals surface area (Å²) >= 11 is 0. The zero-order chi connectivity index (χ0) is 19.1. The lowest BCUT2D eigenvalue weighted by Gasteiger charge is -2.32. The van der Waals surface area contributed by atoms with Crippen LogP contribution < -0.4 is 10.6 Å². The molecule has 2 fully saturated rings. The summed E-state index contributed by atoms with van der Waals surface area (Å²) in [5, 5.41) is 5.81. The lowest BCUT2D eigenvalue weighted by atomic mass is 9.93. The third-order valence-corrected chi connectivity index (χ3v) is 5.80. The molecular formula is C21H30FN3O2. The summed E-state index contributed by atoms with van der Waals surface area (Å²) in [6.45, 7) is 2.12. The summed E-state index contributed by atoms with van der Waals surface area (Å²) in [4.78, 5) is 26.0. The molecule has 1 aliphatic heterocycles. The number of halogens is 1. The molecule has 0 aromatic heterocycles. The van der Waals surface area contributed by atoms with Crippen molar-refractivity contribution in [1.29, 1.82) is 0 Å². The van der Waals surface area contributed by atoms with E-state index in [9.17, 15) is 14.0 Å². The van der Waals surface area contributed by atoms with E-state index in [-0.39, 0.29) is 17.8 Å². The number of anilines is 1. The van der Waals surface area contributed by atoms with Crippen LogP contribution in [0.25, 0.3) is 0 Å². The van der Waals surface area contributed by atoms with Crippen LogP contribution in [0.1, 0.15) is 51.4 Å². The minimum atomic E-state index is -0.360. The van der Waals surface area contributed by atoms with Crippen LogP contribution in [0.5, 0.6) is 0 Å². The second kappa shape index (κ2) is 9.72. The Bertz CT molecular complexity index is 638. The van der Waals surface area contributed by atoms with Crippen LogP contribution in [0.4, 0.5) is 14.9 Å². The normalized spacial score (nSPS) is 18.5. The summed E-state index contributed by atoms with van der Waals surface area (Å²) in [6.07, 6.45) is 8.46. The largest absolute Gasteiger partial charge is 0.356 e. The molecule has 1 aromatic rings. The molecule has 0 atom stereocenters. The molecule has 148 valence electrons. The molecule has 2 aliphatic rings. The van der Waals surface area contributed by atoms with Gasteiger partial charge in [-0.05, 0) is 62.1 Å². The van der Waals surface area contributed by atoms with Crippen molar-refractivity contribution in [3.05, 3.63) is 30.1 Å². The Kier molecular flexibility index (Phi) is 7.07. The number of nitrogens with one attached hydrogen (secondary N) is 2. The number of piperidine rings is 1. The summed E-state index contributed by atoms with van der Waals surface area (Å²) in [5.74, 6) is 0.954. The van der Waals surface area contributed by atoms with Gasteiger partial charge in [-0.1, -0.05) is 18.9 Å². The Morgan fingerprint density at radius 1 is 1.07 bits per heavy atom. The van der Waals surface area contributed by atoms with E-state index in [1.807, 2.05) is 0 Å². The number of rotatable bonds is 6. The zero-order valence-corrected chi connectivity index (χ0v) is 15.9. The molecule has 3 rings (SSSR count). The molecule has 2 N–H and O–H groups in total. The SMILES string of the molecule is O=C(CC1CCCC1)NCCC1CCN(C(=O)Nc2cccc(F)c2)CC1. The van der Waals surface area contributed by atoms with Gasteiger partial charge in [0.15, 0.2) is 0 Å². The van der Waals surface area contributed by atoms with E-state index >= 15 is 0 Å². The minimum Gasteiger partial charge on any atom is -0.356 e. The fraction of sp³-hybridized carbons (Fsp3) is 0.619. The molecule has 3 amide bonds. The standard InChI is InChI=1S/C21H30FN3O2/c22-18-6-3-7-19(15-18)24-21(27)25-12-9-16(10-13-25)8-11-23-20(26)14-17-4-1-2-5-17/h3,6-7,15-17H,1-2,4-5,8-14H2,(H,23,26)(H,24,27). The van der Waals surface area contributed by atoms with Crippen molar-refractivity contribution >= 4 is 17.6 Å². The van der Waals surface area contributed by atoms with Crippen LogP contribution in [0.2, 0.25) is 0 Å². The number of nitrogens with zero attached hydrogens (tertiary/aromatic N) is 1. The monoisotopic (exact) mass is 375 g/mol. The number of benzene rings is 1. The number of likely N-dealkylation sites (tertiary alicyclic amines) is 1. The first-order valence-corrected chi connectivity index (χ1v) is 10.2. The number of amides is 3. The van der Waals surface area contributed by atoms with Crippen molar-refractivity contribution in [2.75, 3.05) is 25.0 Å². The number of carbonyl (C=O) groups is 2. The van der Waals surface area contributed by atoms with Gasteiger partial charge in [-0.25, -0.2) is 9.18 Å². The molecule has 0 spiro atoms. The molecule has 1 aromatic carbocycles. The van der Waals surface area contributed by atoms with Crippen LogP contribution >= 0.6 is 0 Å². The van der Waals surface area contributed by atoms with E-state index in [0.29, 0.717) is 37.0 Å². The van der Waals surface area contributed by atoms with Crippen molar-refractivity contribution in [1.82, 2.24) is 10.2 Å². The van der Waals surface area contributed by atoms with E-state index in [2.05, 4.69) is 10.6 Å². The molecule has 0 unspecified atom stereocenters. The first kappa shape index (κ1) is 19.6. The van der Waals surface area contributed by atoms with Crippen LogP contribution in [-0.4, -0.2) is 36.5 Å². The fourth-order valence-electron chi connectivity index (χ4n) is 4.16. The quantitative estimate of drug-likeness (QED) is 0.784. The zero-order valence-electron chi connectivity index (χ0n) is 15.9. The van der Waals surface area contributed by atoms with Gasteiger partial charge >= 0.3 is 6.03 Å². The van der Waals surface area contributed by atoms with Crippen molar-refractivity contribution in [3.63, 3.8) is 0 Å². The Morgan fingerprint density at radius 3 is 2.52 bits per heavy atom. The van der Waals surface area contributed by atoms with E-state index in [4.69, 9.17) is 0 Å². The highest BCUT2D eigenvalue weighted by Crippen LogP contribution is 2.27. The van der Waals surface area contributed by atoms with Crippen LogP contribution in [-0.2, 0) is 4.79 Å².